The Kier molecular flexibility index (Phi) is 5.84. The predicted octanol–water partition coefficient (Wildman–Crippen LogP) is 3.97. The summed E-state index contributed by atoms with van der Waals surface area (Å²) in [5.74, 6) is 0. The molecule has 0 aliphatic rings. The van der Waals surface area contributed by atoms with Crippen molar-refractivity contribution in [1.29, 1.82) is 0 Å². The normalized spacial score (nSPS) is 14.8. The van der Waals surface area contributed by atoms with E-state index in [-0.39, 0.29) is 0 Å². The highest BCUT2D eigenvalue weighted by atomic mass is 35.5. The van der Waals surface area contributed by atoms with Crippen LogP contribution in [0.25, 0.3) is 0 Å². The van der Waals surface area contributed by atoms with E-state index in [0.29, 0.717) is 38.5 Å². The Hall–Kier alpha value is 0.300. The second kappa shape index (κ2) is 6.46. The lowest BCUT2D eigenvalue weighted by atomic mass is 10.0. The van der Waals surface area contributed by atoms with E-state index in [4.69, 9.17) is 46.4 Å². The van der Waals surface area contributed by atoms with Crippen LogP contribution in [-0.2, 0) is 6.42 Å². The van der Waals surface area contributed by atoms with Crippen LogP contribution in [0.15, 0.2) is 6.07 Å². The quantitative estimate of drug-likeness (QED) is 0.825. The van der Waals surface area contributed by atoms with Crippen molar-refractivity contribution in [3.63, 3.8) is 0 Å². The summed E-state index contributed by atoms with van der Waals surface area (Å²) < 4.78 is 0. The molecule has 0 bridgehead atoms. The first-order chi connectivity index (χ1) is 7.84. The number of hydrogen-bond donors (Lipinski definition) is 2. The van der Waals surface area contributed by atoms with Crippen molar-refractivity contribution in [3.05, 3.63) is 31.7 Å². The zero-order valence-corrected chi connectivity index (χ0v) is 12.1. The Labute approximate surface area is 120 Å². The summed E-state index contributed by atoms with van der Waals surface area (Å²) in [5.41, 5.74) is 0.588. The monoisotopic (exact) mass is 316 g/mol. The Morgan fingerprint density at radius 1 is 1.06 bits per heavy atom. The third-order valence-electron chi connectivity index (χ3n) is 2.45. The minimum absolute atomic E-state index is 0.322. The standard InChI is InChI=1S/C11H12Cl4O2/c1-5(16)9(17)3-2-6-10(14)7(12)4-8(13)11(6)15/h4-5,9,16-17H,2-3H2,1H3. The highest BCUT2D eigenvalue weighted by molar-refractivity contribution is 6.48. The molecule has 0 aliphatic carbocycles. The molecule has 0 aromatic heterocycles. The molecule has 1 aromatic carbocycles. The van der Waals surface area contributed by atoms with E-state index in [1.807, 2.05) is 0 Å². The van der Waals surface area contributed by atoms with E-state index in [9.17, 15) is 10.2 Å². The molecule has 0 radical (unpaired) electrons. The van der Waals surface area contributed by atoms with Crippen LogP contribution < -0.4 is 0 Å². The molecular formula is C11H12Cl4O2. The lowest BCUT2D eigenvalue weighted by molar-refractivity contribution is 0.0265. The first-order valence-corrected chi connectivity index (χ1v) is 6.53. The Morgan fingerprint density at radius 3 is 1.94 bits per heavy atom. The Morgan fingerprint density at radius 2 is 1.53 bits per heavy atom. The maximum absolute atomic E-state index is 9.51. The van der Waals surface area contributed by atoms with E-state index < -0.39 is 12.2 Å². The molecule has 2 nitrogen and oxygen atoms in total. The van der Waals surface area contributed by atoms with Gasteiger partial charge in [0, 0.05) is 0 Å². The maximum Gasteiger partial charge on any atom is 0.0799 e. The van der Waals surface area contributed by atoms with Crippen molar-refractivity contribution in [2.75, 3.05) is 0 Å². The second-order valence-electron chi connectivity index (χ2n) is 3.79. The van der Waals surface area contributed by atoms with Crippen LogP contribution in [0, 0.1) is 0 Å². The van der Waals surface area contributed by atoms with E-state index in [1.54, 1.807) is 0 Å². The van der Waals surface area contributed by atoms with Crippen LogP contribution in [0.1, 0.15) is 18.9 Å². The summed E-state index contributed by atoms with van der Waals surface area (Å²) in [4.78, 5) is 0. The average Bonchev–Trinajstić information content (AvgIpc) is 2.26. The number of hydrogen-bond acceptors (Lipinski definition) is 2. The molecule has 2 N–H and O–H groups in total. The van der Waals surface area contributed by atoms with Crippen LogP contribution in [0.2, 0.25) is 20.1 Å². The van der Waals surface area contributed by atoms with Gasteiger partial charge in [0.05, 0.1) is 32.3 Å². The van der Waals surface area contributed by atoms with Crippen LogP contribution in [0.3, 0.4) is 0 Å². The topological polar surface area (TPSA) is 40.5 Å². The smallest absolute Gasteiger partial charge is 0.0799 e. The molecule has 17 heavy (non-hydrogen) atoms. The van der Waals surface area contributed by atoms with Gasteiger partial charge in [0.1, 0.15) is 0 Å². The Bertz CT molecular complexity index is 381. The first-order valence-electron chi connectivity index (χ1n) is 5.02. The highest BCUT2D eigenvalue weighted by Crippen LogP contribution is 2.37. The van der Waals surface area contributed by atoms with Crippen LogP contribution in [0.5, 0.6) is 0 Å². The molecule has 0 spiro atoms. The predicted molar refractivity (Wildman–Crippen MR) is 72.5 cm³/mol. The fourth-order valence-corrected chi connectivity index (χ4v) is 2.41. The van der Waals surface area contributed by atoms with Gasteiger partial charge in [0.25, 0.3) is 0 Å². The number of aliphatic hydroxyl groups excluding tert-OH is 2. The fraction of sp³-hybridized carbons (Fsp3) is 0.455. The van der Waals surface area contributed by atoms with Gasteiger partial charge < -0.3 is 10.2 Å². The van der Waals surface area contributed by atoms with Crippen molar-refractivity contribution in [2.24, 2.45) is 0 Å². The minimum atomic E-state index is -0.833. The number of aliphatic hydroxyl groups is 2. The zero-order valence-electron chi connectivity index (χ0n) is 9.05. The average molecular weight is 318 g/mol. The van der Waals surface area contributed by atoms with Crippen molar-refractivity contribution in [3.8, 4) is 0 Å². The SMILES string of the molecule is CC(O)C(O)CCc1c(Cl)c(Cl)cc(Cl)c1Cl. The highest BCUT2D eigenvalue weighted by Gasteiger charge is 2.17. The van der Waals surface area contributed by atoms with Gasteiger partial charge in [-0.1, -0.05) is 46.4 Å². The third-order valence-corrected chi connectivity index (χ3v) is 4.10. The Balaban J connectivity index is 2.91. The molecule has 0 amide bonds. The molecule has 2 atom stereocenters. The molecule has 0 fully saturated rings. The van der Waals surface area contributed by atoms with E-state index >= 15 is 0 Å². The van der Waals surface area contributed by atoms with Gasteiger partial charge in [-0.3, -0.25) is 0 Å². The molecular weight excluding hydrogens is 306 g/mol. The third kappa shape index (κ3) is 3.88. The zero-order chi connectivity index (χ0) is 13.2. The van der Waals surface area contributed by atoms with Crippen LogP contribution >= 0.6 is 46.4 Å². The van der Waals surface area contributed by atoms with Gasteiger partial charge in [0.2, 0.25) is 0 Å². The summed E-state index contributed by atoms with van der Waals surface area (Å²) in [7, 11) is 0. The van der Waals surface area contributed by atoms with Crippen molar-refractivity contribution in [2.45, 2.75) is 32.0 Å². The summed E-state index contributed by atoms with van der Waals surface area (Å²) in [6, 6.07) is 1.47. The van der Waals surface area contributed by atoms with Crippen LogP contribution in [-0.4, -0.2) is 22.4 Å². The van der Waals surface area contributed by atoms with Gasteiger partial charge in [-0.25, -0.2) is 0 Å². The first kappa shape index (κ1) is 15.4. The molecule has 0 saturated carbocycles. The summed E-state index contributed by atoms with van der Waals surface area (Å²) >= 11 is 23.8. The molecule has 0 aliphatic heterocycles. The van der Waals surface area contributed by atoms with Gasteiger partial charge in [-0.15, -0.1) is 0 Å². The van der Waals surface area contributed by atoms with E-state index in [0.717, 1.165) is 0 Å². The summed E-state index contributed by atoms with van der Waals surface area (Å²) in [6.45, 7) is 1.51. The van der Waals surface area contributed by atoms with Crippen LogP contribution in [0.4, 0.5) is 0 Å². The van der Waals surface area contributed by atoms with E-state index in [1.165, 1.54) is 13.0 Å². The van der Waals surface area contributed by atoms with Crippen molar-refractivity contribution < 1.29 is 10.2 Å². The molecule has 2 unspecified atom stereocenters. The van der Waals surface area contributed by atoms with Gasteiger partial charge in [-0.05, 0) is 31.4 Å². The minimum Gasteiger partial charge on any atom is -0.391 e. The van der Waals surface area contributed by atoms with E-state index in [2.05, 4.69) is 0 Å². The van der Waals surface area contributed by atoms with Gasteiger partial charge >= 0.3 is 0 Å². The number of rotatable bonds is 4. The second-order valence-corrected chi connectivity index (χ2v) is 5.36. The van der Waals surface area contributed by atoms with Crippen molar-refractivity contribution in [1.82, 2.24) is 0 Å². The molecule has 1 aromatic rings. The fourth-order valence-electron chi connectivity index (χ4n) is 1.38. The van der Waals surface area contributed by atoms with Gasteiger partial charge in [-0.2, -0.15) is 0 Å². The molecule has 96 valence electrons. The number of halogens is 4. The lowest BCUT2D eigenvalue weighted by Gasteiger charge is -2.15. The van der Waals surface area contributed by atoms with Crippen molar-refractivity contribution >= 4 is 46.4 Å². The van der Waals surface area contributed by atoms with Gasteiger partial charge in [0.15, 0.2) is 0 Å². The molecule has 1 rings (SSSR count). The summed E-state index contributed by atoms with van der Waals surface area (Å²) in [6.07, 6.45) is -0.917. The molecule has 6 heteroatoms. The molecule has 0 saturated heterocycles. The summed E-state index contributed by atoms with van der Waals surface area (Å²) in [5, 5.41) is 20.0. The lowest BCUT2D eigenvalue weighted by Crippen LogP contribution is -2.22. The molecule has 0 heterocycles. The number of benzene rings is 1. The maximum atomic E-state index is 9.51. The largest absolute Gasteiger partial charge is 0.391 e.